The summed E-state index contributed by atoms with van der Waals surface area (Å²) in [6.45, 7) is 0.862. The van der Waals surface area contributed by atoms with Gasteiger partial charge in [0.2, 0.25) is 0 Å². The van der Waals surface area contributed by atoms with Gasteiger partial charge in [-0.05, 0) is 0 Å². The van der Waals surface area contributed by atoms with Gasteiger partial charge < -0.3 is 20.2 Å². The van der Waals surface area contributed by atoms with Crippen molar-refractivity contribution in [3.8, 4) is 0 Å². The third-order valence-corrected chi connectivity index (χ3v) is 1.85. The third kappa shape index (κ3) is 2.30. The molecular weight excluding hydrogens is 178 g/mol. The van der Waals surface area contributed by atoms with Crippen LogP contribution in [0.1, 0.15) is 0 Å². The number of hydrogen-bond acceptors (Lipinski definition) is 5. The number of nitrogens with zero attached hydrogens (tertiary/aromatic N) is 1. The number of amides is 1. The van der Waals surface area contributed by atoms with Gasteiger partial charge in [0, 0.05) is 13.1 Å². The average molecular weight is 189 g/mol. The Kier molecular flexibility index (Phi) is 3.04. The van der Waals surface area contributed by atoms with Crippen LogP contribution in [-0.2, 0) is 9.63 Å². The lowest BCUT2D eigenvalue weighted by Gasteiger charge is -2.29. The second kappa shape index (κ2) is 4.06. The predicted octanol–water partition coefficient (Wildman–Crippen LogP) is -1.64. The highest BCUT2D eigenvalue weighted by atomic mass is 16.7. The molecule has 0 aliphatic carbocycles. The molecule has 1 unspecified atom stereocenters. The molecule has 0 aromatic rings. The zero-order valence-corrected chi connectivity index (χ0v) is 6.90. The molecule has 1 amide bonds. The first-order valence-corrected chi connectivity index (χ1v) is 3.77. The Balaban J connectivity index is 2.51. The van der Waals surface area contributed by atoms with Gasteiger partial charge in [0.25, 0.3) is 0 Å². The van der Waals surface area contributed by atoms with Crippen molar-refractivity contribution in [1.29, 1.82) is 0 Å². The smallest absolute Gasteiger partial charge is 0.407 e. The number of piperazine rings is 1. The van der Waals surface area contributed by atoms with Gasteiger partial charge in [0.05, 0.1) is 6.54 Å². The van der Waals surface area contributed by atoms with Gasteiger partial charge in [0.1, 0.15) is 6.04 Å². The maximum absolute atomic E-state index is 10.9. The number of hydrogen-bond donors (Lipinski definition) is 3. The molecule has 7 nitrogen and oxygen atoms in total. The summed E-state index contributed by atoms with van der Waals surface area (Å²) in [5.74, 6) is 4.02. The maximum Gasteiger partial charge on any atom is 0.407 e. The molecule has 0 radical (unpaired) electrons. The predicted molar refractivity (Wildman–Crippen MR) is 41.7 cm³/mol. The van der Waals surface area contributed by atoms with E-state index in [1.54, 1.807) is 0 Å². The fourth-order valence-electron chi connectivity index (χ4n) is 1.16. The normalized spacial score (nSPS) is 22.5. The first-order valence-electron chi connectivity index (χ1n) is 3.77. The number of nitrogens with one attached hydrogen (secondary N) is 1. The van der Waals surface area contributed by atoms with E-state index < -0.39 is 18.1 Å². The Morgan fingerprint density at radius 1 is 1.62 bits per heavy atom. The van der Waals surface area contributed by atoms with Crippen molar-refractivity contribution < 1.29 is 19.5 Å². The van der Waals surface area contributed by atoms with E-state index in [4.69, 9.17) is 5.11 Å². The monoisotopic (exact) mass is 189 g/mol. The highest BCUT2D eigenvalue weighted by Crippen LogP contribution is 2.00. The minimum Gasteiger partial charge on any atom is -0.465 e. The Morgan fingerprint density at radius 2 is 2.31 bits per heavy atom. The van der Waals surface area contributed by atoms with Crippen LogP contribution in [0.3, 0.4) is 0 Å². The van der Waals surface area contributed by atoms with Crippen molar-refractivity contribution >= 4 is 12.1 Å². The van der Waals surface area contributed by atoms with Gasteiger partial charge in [-0.2, -0.15) is 5.90 Å². The Hall–Kier alpha value is -1.34. The van der Waals surface area contributed by atoms with Gasteiger partial charge in [-0.25, -0.2) is 9.59 Å². The lowest BCUT2D eigenvalue weighted by Crippen LogP contribution is -2.56. The standard InChI is InChI=1S/C6H11N3O4/c7-13-5(10)4-3-9(6(11)12)2-1-8-4/h4,8H,1-3,7H2,(H,11,12). The first kappa shape index (κ1) is 9.75. The minimum absolute atomic E-state index is 0.0748. The van der Waals surface area contributed by atoms with Gasteiger partial charge in [-0.3, -0.25) is 0 Å². The summed E-state index contributed by atoms with van der Waals surface area (Å²) in [6, 6.07) is -0.658. The van der Waals surface area contributed by atoms with E-state index in [0.717, 1.165) is 4.90 Å². The molecular formula is C6H11N3O4. The van der Waals surface area contributed by atoms with Gasteiger partial charge in [-0.1, -0.05) is 0 Å². The number of carboxylic acid groups (broad SMARTS) is 1. The molecule has 1 fully saturated rings. The summed E-state index contributed by atoms with van der Waals surface area (Å²) in [5, 5.41) is 11.4. The fraction of sp³-hybridized carbons (Fsp3) is 0.667. The zero-order valence-electron chi connectivity index (χ0n) is 6.90. The molecule has 7 heteroatoms. The average Bonchev–Trinajstić information content (AvgIpc) is 2.17. The van der Waals surface area contributed by atoms with Crippen LogP contribution in [0, 0.1) is 0 Å². The van der Waals surface area contributed by atoms with Crippen LogP contribution in [0.15, 0.2) is 0 Å². The van der Waals surface area contributed by atoms with Crippen LogP contribution >= 0.6 is 0 Å². The highest BCUT2D eigenvalue weighted by Gasteiger charge is 2.28. The van der Waals surface area contributed by atoms with Crippen LogP contribution in [-0.4, -0.2) is 47.7 Å². The van der Waals surface area contributed by atoms with E-state index in [1.165, 1.54) is 0 Å². The van der Waals surface area contributed by atoms with E-state index in [-0.39, 0.29) is 6.54 Å². The number of carbonyl (C=O) groups is 2. The van der Waals surface area contributed by atoms with E-state index in [2.05, 4.69) is 16.1 Å². The molecule has 13 heavy (non-hydrogen) atoms. The number of carbonyl (C=O) groups excluding carboxylic acids is 1. The molecule has 0 saturated carbocycles. The van der Waals surface area contributed by atoms with Crippen LogP contribution in [0.25, 0.3) is 0 Å². The molecule has 1 aliphatic rings. The lowest BCUT2D eigenvalue weighted by atomic mass is 10.2. The summed E-state index contributed by atoms with van der Waals surface area (Å²) in [7, 11) is 0. The van der Waals surface area contributed by atoms with Crippen molar-refractivity contribution in [3.63, 3.8) is 0 Å². The molecule has 0 spiro atoms. The van der Waals surface area contributed by atoms with Crippen molar-refractivity contribution in [2.24, 2.45) is 5.90 Å². The lowest BCUT2D eigenvalue weighted by molar-refractivity contribution is -0.147. The van der Waals surface area contributed by atoms with Crippen LogP contribution < -0.4 is 11.2 Å². The molecule has 0 aromatic heterocycles. The topological polar surface area (TPSA) is 105 Å². The zero-order chi connectivity index (χ0) is 9.84. The minimum atomic E-state index is -1.05. The molecule has 74 valence electrons. The molecule has 1 saturated heterocycles. The largest absolute Gasteiger partial charge is 0.465 e. The number of nitrogens with two attached hydrogens (primary N) is 1. The Bertz CT molecular complexity index is 220. The summed E-state index contributed by atoms with van der Waals surface area (Å²) in [4.78, 5) is 26.6. The highest BCUT2D eigenvalue weighted by molar-refractivity contribution is 5.77. The second-order valence-electron chi connectivity index (χ2n) is 2.67. The fourth-order valence-corrected chi connectivity index (χ4v) is 1.16. The van der Waals surface area contributed by atoms with E-state index >= 15 is 0 Å². The molecule has 1 aliphatic heterocycles. The van der Waals surface area contributed by atoms with Gasteiger partial charge in [0.15, 0.2) is 0 Å². The van der Waals surface area contributed by atoms with Crippen molar-refractivity contribution in [2.75, 3.05) is 19.6 Å². The summed E-state index contributed by atoms with van der Waals surface area (Å²) in [5.41, 5.74) is 0. The molecule has 4 N–H and O–H groups in total. The summed E-state index contributed by atoms with van der Waals surface area (Å²) < 4.78 is 0. The SMILES string of the molecule is NOC(=O)C1CN(C(=O)O)CCN1. The second-order valence-corrected chi connectivity index (χ2v) is 2.67. The maximum atomic E-state index is 10.9. The molecule has 1 heterocycles. The Morgan fingerprint density at radius 3 is 2.85 bits per heavy atom. The van der Waals surface area contributed by atoms with E-state index in [9.17, 15) is 9.59 Å². The molecule has 1 rings (SSSR count). The van der Waals surface area contributed by atoms with Gasteiger partial charge >= 0.3 is 12.1 Å². The van der Waals surface area contributed by atoms with Gasteiger partial charge in [-0.15, -0.1) is 0 Å². The van der Waals surface area contributed by atoms with Crippen LogP contribution in [0.4, 0.5) is 4.79 Å². The van der Waals surface area contributed by atoms with Crippen LogP contribution in [0.2, 0.25) is 0 Å². The van der Waals surface area contributed by atoms with Crippen molar-refractivity contribution in [3.05, 3.63) is 0 Å². The van der Waals surface area contributed by atoms with Crippen molar-refractivity contribution in [2.45, 2.75) is 6.04 Å². The quantitative estimate of drug-likeness (QED) is 0.427. The van der Waals surface area contributed by atoms with E-state index in [0.29, 0.717) is 13.1 Å². The number of rotatable bonds is 1. The molecule has 1 atom stereocenters. The van der Waals surface area contributed by atoms with Crippen LogP contribution in [0.5, 0.6) is 0 Å². The Labute approximate surface area is 74.4 Å². The molecule has 0 bridgehead atoms. The third-order valence-electron chi connectivity index (χ3n) is 1.85. The summed E-state index contributed by atoms with van der Waals surface area (Å²) >= 11 is 0. The summed E-state index contributed by atoms with van der Waals surface area (Å²) in [6.07, 6.45) is -1.05. The van der Waals surface area contributed by atoms with Crippen molar-refractivity contribution in [1.82, 2.24) is 10.2 Å². The van der Waals surface area contributed by atoms with E-state index in [1.807, 2.05) is 0 Å². The molecule has 0 aromatic carbocycles. The first-order chi connectivity index (χ1) is 6.15.